The number of anilines is 1. The summed E-state index contributed by atoms with van der Waals surface area (Å²) in [6, 6.07) is 9.09. The molecule has 1 heterocycles. The number of hydrazone groups is 1. The van der Waals surface area contributed by atoms with Crippen molar-refractivity contribution in [2.75, 3.05) is 5.32 Å². The minimum atomic E-state index is -4.65. The van der Waals surface area contributed by atoms with Gasteiger partial charge in [0.2, 0.25) is 0 Å². The first kappa shape index (κ1) is 21.4. The molecule has 7 N–H and O–H groups in total. The molecule has 1 aromatic carbocycles. The van der Waals surface area contributed by atoms with Crippen LogP contribution in [-0.4, -0.2) is 37.1 Å². The summed E-state index contributed by atoms with van der Waals surface area (Å²) in [5, 5.41) is 6.30. The number of carbonyl (C=O) groups excluding carboxylic acids is 1. The summed E-state index contributed by atoms with van der Waals surface area (Å²) in [5.41, 5.74) is 8.97. The Morgan fingerprint density at radius 1 is 1.29 bits per heavy atom. The van der Waals surface area contributed by atoms with Crippen molar-refractivity contribution in [2.45, 2.75) is 6.61 Å². The fraction of sp³-hybridized carbons (Fsp3) is 0.0667. The average Bonchev–Trinajstić information content (AvgIpc) is 2.61. The van der Waals surface area contributed by atoms with Gasteiger partial charge in [0.05, 0.1) is 0 Å². The van der Waals surface area contributed by atoms with Crippen molar-refractivity contribution in [2.24, 2.45) is 10.8 Å². The summed E-state index contributed by atoms with van der Waals surface area (Å²) in [5.74, 6) is 0.0669. The van der Waals surface area contributed by atoms with Gasteiger partial charge in [0.25, 0.3) is 0 Å². The molecule has 0 bridgehead atoms. The van der Waals surface area contributed by atoms with Crippen LogP contribution in [0.5, 0.6) is 5.75 Å². The maximum atomic E-state index is 12.0. The Hall–Kier alpha value is -2.89. The van der Waals surface area contributed by atoms with Crippen molar-refractivity contribution in [1.82, 2.24) is 10.4 Å². The SMILES string of the molecule is NC(=S)N/N=C/c1ncccc1NC(=O)OCc1ccc(O[PH](O)(O)O)cc1. The quantitative estimate of drug-likeness (QED) is 0.160. The van der Waals surface area contributed by atoms with E-state index in [0.717, 1.165) is 0 Å². The van der Waals surface area contributed by atoms with Gasteiger partial charge in [-0.25, -0.2) is 0 Å². The zero-order chi connectivity index (χ0) is 20.6. The second-order valence-corrected chi connectivity index (χ2v) is 6.98. The van der Waals surface area contributed by atoms with Crippen LogP contribution in [0.2, 0.25) is 0 Å². The molecule has 0 spiro atoms. The van der Waals surface area contributed by atoms with Crippen molar-refractivity contribution in [3.05, 3.63) is 53.9 Å². The molecule has 150 valence electrons. The van der Waals surface area contributed by atoms with Gasteiger partial charge < -0.3 is 5.73 Å². The molecule has 28 heavy (non-hydrogen) atoms. The van der Waals surface area contributed by atoms with Crippen LogP contribution >= 0.6 is 20.4 Å². The fourth-order valence-corrected chi connectivity index (χ4v) is 2.39. The number of benzene rings is 1. The summed E-state index contributed by atoms with van der Waals surface area (Å²) >= 11 is 4.63. The first-order chi connectivity index (χ1) is 13.2. The van der Waals surface area contributed by atoms with E-state index in [-0.39, 0.29) is 17.5 Å². The van der Waals surface area contributed by atoms with E-state index in [9.17, 15) is 4.79 Å². The Labute approximate surface area is 165 Å². The number of nitrogens with zero attached hydrogens (tertiary/aromatic N) is 2. The van der Waals surface area contributed by atoms with E-state index >= 15 is 0 Å². The van der Waals surface area contributed by atoms with Crippen LogP contribution in [0.25, 0.3) is 0 Å². The third kappa shape index (κ3) is 7.78. The van der Waals surface area contributed by atoms with Crippen LogP contribution in [0.4, 0.5) is 10.5 Å². The number of aromatic nitrogens is 1. The molecule has 0 unspecified atom stereocenters. The molecular formula is C15H18N5O6PS. The van der Waals surface area contributed by atoms with Gasteiger partial charge in [-0.1, -0.05) is 0 Å². The van der Waals surface area contributed by atoms with Gasteiger partial charge in [0.1, 0.15) is 0 Å². The summed E-state index contributed by atoms with van der Waals surface area (Å²) in [7, 11) is -4.65. The van der Waals surface area contributed by atoms with Crippen molar-refractivity contribution in [3.8, 4) is 5.75 Å². The number of hydrogen-bond donors (Lipinski definition) is 6. The van der Waals surface area contributed by atoms with Gasteiger partial charge in [0, 0.05) is 6.20 Å². The fourth-order valence-electron chi connectivity index (χ4n) is 1.89. The topological polar surface area (TPSA) is 172 Å². The molecule has 0 atom stereocenters. The third-order valence-electron chi connectivity index (χ3n) is 2.98. The van der Waals surface area contributed by atoms with E-state index in [1.165, 1.54) is 36.7 Å². The molecule has 0 aliphatic carbocycles. The van der Waals surface area contributed by atoms with Gasteiger partial charge in [-0.05, 0) is 12.2 Å². The third-order valence-corrected chi connectivity index (χ3v) is 3.59. The normalized spacial score (nSPS) is 11.7. The number of pyridine rings is 1. The molecule has 2 rings (SSSR count). The number of carbonyl (C=O) groups is 1. The number of rotatable bonds is 7. The number of ether oxygens (including phenoxy) is 1. The molecule has 11 nitrogen and oxygen atoms in total. The first-order valence-corrected chi connectivity index (χ1v) is 9.81. The van der Waals surface area contributed by atoms with Gasteiger partial charge in [-0.3, -0.25) is 5.43 Å². The van der Waals surface area contributed by atoms with Crippen molar-refractivity contribution in [1.29, 1.82) is 0 Å². The van der Waals surface area contributed by atoms with Gasteiger partial charge in [-0.2, -0.15) is 5.10 Å². The predicted molar refractivity (Wildman–Crippen MR) is 108 cm³/mol. The molecule has 0 fully saturated rings. The molecule has 13 heteroatoms. The number of amides is 1. The second-order valence-electron chi connectivity index (χ2n) is 5.19. The molecule has 0 saturated heterocycles. The van der Waals surface area contributed by atoms with E-state index in [0.29, 0.717) is 16.9 Å². The predicted octanol–water partition coefficient (Wildman–Crippen LogP) is 0.763. The van der Waals surface area contributed by atoms with Crippen LogP contribution in [-0.2, 0) is 11.3 Å². The number of nitrogens with two attached hydrogens (primary N) is 1. The Bertz CT molecular complexity index is 859. The van der Waals surface area contributed by atoms with E-state index in [4.69, 9.17) is 25.2 Å². The summed E-state index contributed by atoms with van der Waals surface area (Å²) in [6.07, 6.45) is 2.13. The van der Waals surface area contributed by atoms with Crippen molar-refractivity contribution >= 4 is 43.5 Å². The van der Waals surface area contributed by atoms with E-state index in [1.807, 2.05) is 0 Å². The maximum absolute atomic E-state index is 12.0. The first-order valence-electron chi connectivity index (χ1n) is 7.65. The molecule has 0 aliphatic heterocycles. The zero-order valence-corrected chi connectivity index (χ0v) is 16.1. The van der Waals surface area contributed by atoms with Crippen molar-refractivity contribution < 1.29 is 28.7 Å². The molecular weight excluding hydrogens is 409 g/mol. The van der Waals surface area contributed by atoms with Gasteiger partial charge in [-0.15, -0.1) is 0 Å². The Morgan fingerprint density at radius 3 is 2.64 bits per heavy atom. The number of hydrogen-bond acceptors (Lipinski definition) is 9. The molecule has 2 aromatic rings. The standard InChI is InChI=1S/C15H18N5O6PS/c16-14(28)20-18-8-13-12(2-1-7-17-13)19-15(21)25-9-10-3-5-11(6-4-10)26-27(22,23)24/h1-8,22-24,27H,9H2,(H,19,21)(H3,16,20,28)/b18-8+. The molecule has 0 saturated carbocycles. The minimum absolute atomic E-state index is 0.0116. The van der Waals surface area contributed by atoms with Crippen LogP contribution in [0.15, 0.2) is 47.7 Å². The van der Waals surface area contributed by atoms with Crippen LogP contribution in [0.1, 0.15) is 11.3 Å². The van der Waals surface area contributed by atoms with Crippen LogP contribution < -0.4 is 21.0 Å². The van der Waals surface area contributed by atoms with E-state index < -0.39 is 14.3 Å². The van der Waals surface area contributed by atoms with Gasteiger partial charge >= 0.3 is 125 Å². The second kappa shape index (κ2) is 9.88. The zero-order valence-electron chi connectivity index (χ0n) is 14.3. The molecule has 0 aliphatic rings. The Balaban J connectivity index is 1.91. The number of thiocarbonyl (C=S) groups is 1. The van der Waals surface area contributed by atoms with E-state index in [2.05, 4.69) is 37.6 Å². The molecule has 1 aromatic heterocycles. The summed E-state index contributed by atoms with van der Waals surface area (Å²) in [4.78, 5) is 42.7. The monoisotopic (exact) mass is 427 g/mol. The Morgan fingerprint density at radius 2 is 2.00 bits per heavy atom. The molecule has 1 amide bonds. The average molecular weight is 427 g/mol. The van der Waals surface area contributed by atoms with Crippen molar-refractivity contribution in [3.63, 3.8) is 0 Å². The summed E-state index contributed by atoms with van der Waals surface area (Å²) in [6.45, 7) is -0.0568. The summed E-state index contributed by atoms with van der Waals surface area (Å²) < 4.78 is 9.68. The number of nitrogens with one attached hydrogen (secondary N) is 2. The van der Waals surface area contributed by atoms with Gasteiger partial charge in [0.15, 0.2) is 5.11 Å². The molecule has 0 radical (unpaired) electrons. The Kier molecular flexibility index (Phi) is 7.55. The van der Waals surface area contributed by atoms with Crippen LogP contribution in [0, 0.1) is 0 Å². The van der Waals surface area contributed by atoms with Crippen LogP contribution in [0.3, 0.4) is 0 Å². The van der Waals surface area contributed by atoms with E-state index in [1.54, 1.807) is 12.1 Å².